The van der Waals surface area contributed by atoms with Crippen molar-refractivity contribution >= 4 is 17.5 Å². The second-order valence-electron chi connectivity index (χ2n) is 7.36. The van der Waals surface area contributed by atoms with Crippen LogP contribution in [0.3, 0.4) is 0 Å². The smallest absolute Gasteiger partial charge is 0.251 e. The van der Waals surface area contributed by atoms with Crippen molar-refractivity contribution in [2.24, 2.45) is 0 Å². The zero-order valence-electron chi connectivity index (χ0n) is 14.8. The molecular formula is C22H20ClN3O. The summed E-state index contributed by atoms with van der Waals surface area (Å²) in [5, 5.41) is 10.8. The molecular weight excluding hydrogens is 358 g/mol. The van der Waals surface area contributed by atoms with Crippen LogP contribution in [0.15, 0.2) is 48.5 Å². The molecule has 2 N–H and O–H groups in total. The molecule has 1 aromatic heterocycles. The number of alkyl halides is 1. The highest BCUT2D eigenvalue weighted by molar-refractivity contribution is 6.21. The van der Waals surface area contributed by atoms with Crippen LogP contribution < -0.4 is 5.32 Å². The van der Waals surface area contributed by atoms with Gasteiger partial charge in [0.05, 0.1) is 16.8 Å². The molecule has 2 aromatic carbocycles. The molecule has 0 spiro atoms. The van der Waals surface area contributed by atoms with Gasteiger partial charge in [-0.25, -0.2) is 0 Å². The van der Waals surface area contributed by atoms with Crippen LogP contribution in [-0.2, 0) is 6.42 Å². The maximum Gasteiger partial charge on any atom is 0.251 e. The number of benzene rings is 2. The monoisotopic (exact) mass is 377 g/mol. The minimum Gasteiger partial charge on any atom is -0.348 e. The van der Waals surface area contributed by atoms with Crippen LogP contribution >= 0.6 is 11.6 Å². The van der Waals surface area contributed by atoms with E-state index in [4.69, 9.17) is 11.6 Å². The third kappa shape index (κ3) is 2.85. The quantitative estimate of drug-likeness (QED) is 0.515. The number of rotatable bonds is 3. The fraction of sp³-hybridized carbons (Fsp3) is 0.273. The van der Waals surface area contributed by atoms with E-state index in [0.29, 0.717) is 5.56 Å². The van der Waals surface area contributed by atoms with Crippen molar-refractivity contribution < 1.29 is 4.79 Å². The van der Waals surface area contributed by atoms with Gasteiger partial charge in [0, 0.05) is 34.7 Å². The molecule has 27 heavy (non-hydrogen) atoms. The van der Waals surface area contributed by atoms with E-state index < -0.39 is 0 Å². The number of nitrogens with zero attached hydrogens (tertiary/aromatic N) is 1. The van der Waals surface area contributed by atoms with E-state index in [0.717, 1.165) is 42.6 Å². The van der Waals surface area contributed by atoms with Gasteiger partial charge in [0.15, 0.2) is 0 Å². The molecule has 1 fully saturated rings. The van der Waals surface area contributed by atoms with Gasteiger partial charge in [0.1, 0.15) is 0 Å². The van der Waals surface area contributed by atoms with Gasteiger partial charge in [-0.05, 0) is 37.0 Å². The summed E-state index contributed by atoms with van der Waals surface area (Å²) >= 11 is 6.27. The number of H-pyrrole nitrogens is 1. The molecule has 5 rings (SSSR count). The van der Waals surface area contributed by atoms with Gasteiger partial charge < -0.3 is 5.32 Å². The van der Waals surface area contributed by atoms with E-state index in [9.17, 15) is 4.79 Å². The minimum absolute atomic E-state index is 0.0431. The lowest BCUT2D eigenvalue weighted by Gasteiger charge is -2.15. The third-order valence-electron chi connectivity index (χ3n) is 5.69. The molecule has 2 unspecified atom stereocenters. The largest absolute Gasteiger partial charge is 0.348 e. The van der Waals surface area contributed by atoms with Gasteiger partial charge in [0.2, 0.25) is 0 Å². The Hall–Kier alpha value is -2.59. The number of aromatic nitrogens is 2. The fourth-order valence-electron chi connectivity index (χ4n) is 4.22. The number of nitrogens with one attached hydrogen (secondary N) is 2. The summed E-state index contributed by atoms with van der Waals surface area (Å²) in [6.45, 7) is 0. The molecule has 1 amide bonds. The van der Waals surface area contributed by atoms with E-state index in [1.54, 1.807) is 0 Å². The zero-order valence-corrected chi connectivity index (χ0v) is 15.6. The van der Waals surface area contributed by atoms with Gasteiger partial charge in [0.25, 0.3) is 5.91 Å². The normalized spacial score (nSPS) is 20.3. The highest BCUT2D eigenvalue weighted by Crippen LogP contribution is 2.39. The molecule has 1 saturated carbocycles. The van der Waals surface area contributed by atoms with Crippen molar-refractivity contribution in [2.45, 2.75) is 37.1 Å². The summed E-state index contributed by atoms with van der Waals surface area (Å²) in [6.07, 6.45) is 3.89. The van der Waals surface area contributed by atoms with Crippen LogP contribution in [0.4, 0.5) is 0 Å². The molecule has 1 heterocycles. The maximum atomic E-state index is 12.5. The maximum absolute atomic E-state index is 12.5. The van der Waals surface area contributed by atoms with E-state index >= 15 is 0 Å². The van der Waals surface area contributed by atoms with E-state index in [1.165, 1.54) is 16.7 Å². The van der Waals surface area contributed by atoms with Crippen LogP contribution in [0.1, 0.15) is 40.7 Å². The van der Waals surface area contributed by atoms with Crippen molar-refractivity contribution in [1.29, 1.82) is 0 Å². The van der Waals surface area contributed by atoms with E-state index in [-0.39, 0.29) is 17.3 Å². The molecule has 136 valence electrons. The van der Waals surface area contributed by atoms with Crippen LogP contribution in [-0.4, -0.2) is 27.5 Å². The molecule has 0 radical (unpaired) electrons. The van der Waals surface area contributed by atoms with Crippen molar-refractivity contribution in [3.63, 3.8) is 0 Å². The Kier molecular flexibility index (Phi) is 4.01. The topological polar surface area (TPSA) is 57.8 Å². The number of hydrogen-bond donors (Lipinski definition) is 2. The van der Waals surface area contributed by atoms with E-state index in [1.807, 2.05) is 24.3 Å². The number of carbonyl (C=O) groups is 1. The Morgan fingerprint density at radius 1 is 1.11 bits per heavy atom. The number of hydrogen-bond acceptors (Lipinski definition) is 2. The van der Waals surface area contributed by atoms with Crippen LogP contribution in [0.2, 0.25) is 0 Å². The number of carbonyl (C=O) groups excluding carboxylic acids is 1. The molecule has 2 atom stereocenters. The van der Waals surface area contributed by atoms with Gasteiger partial charge in [-0.15, -0.1) is 11.6 Å². The van der Waals surface area contributed by atoms with Crippen LogP contribution in [0.5, 0.6) is 0 Å². The van der Waals surface area contributed by atoms with Crippen molar-refractivity contribution in [1.82, 2.24) is 15.5 Å². The summed E-state index contributed by atoms with van der Waals surface area (Å²) in [5.74, 6) is -0.0567. The Morgan fingerprint density at radius 2 is 1.93 bits per heavy atom. The van der Waals surface area contributed by atoms with Crippen LogP contribution in [0, 0.1) is 0 Å². The van der Waals surface area contributed by atoms with Gasteiger partial charge in [-0.2, -0.15) is 5.10 Å². The molecule has 5 heteroatoms. The first-order valence-corrected chi connectivity index (χ1v) is 9.85. The zero-order chi connectivity index (χ0) is 18.4. The number of amides is 1. The molecule has 0 saturated heterocycles. The van der Waals surface area contributed by atoms with Crippen molar-refractivity contribution in [3.05, 3.63) is 65.2 Å². The Morgan fingerprint density at radius 3 is 2.70 bits per heavy atom. The molecule has 3 aromatic rings. The predicted octanol–water partition coefficient (Wildman–Crippen LogP) is 4.54. The first kappa shape index (κ1) is 16.6. The molecule has 2 aliphatic rings. The second-order valence-corrected chi connectivity index (χ2v) is 7.92. The summed E-state index contributed by atoms with van der Waals surface area (Å²) in [4.78, 5) is 12.5. The van der Waals surface area contributed by atoms with Gasteiger partial charge >= 0.3 is 0 Å². The summed E-state index contributed by atoms with van der Waals surface area (Å²) in [6, 6.07) is 16.2. The highest BCUT2D eigenvalue weighted by atomic mass is 35.5. The number of aromatic amines is 1. The highest BCUT2D eigenvalue weighted by Gasteiger charge is 2.27. The van der Waals surface area contributed by atoms with Gasteiger partial charge in [-0.3, -0.25) is 9.89 Å². The third-order valence-corrected chi connectivity index (χ3v) is 6.21. The Balaban J connectivity index is 1.37. The molecule has 0 aliphatic heterocycles. The second kappa shape index (κ2) is 6.54. The van der Waals surface area contributed by atoms with E-state index in [2.05, 4.69) is 39.8 Å². The first-order valence-electron chi connectivity index (χ1n) is 9.41. The van der Waals surface area contributed by atoms with Crippen molar-refractivity contribution in [2.75, 3.05) is 0 Å². The summed E-state index contributed by atoms with van der Waals surface area (Å²) in [5.41, 5.74) is 7.53. The Labute approximate surface area is 163 Å². The summed E-state index contributed by atoms with van der Waals surface area (Å²) in [7, 11) is 0. The number of halogens is 1. The standard InChI is InChI=1S/C22H20ClN3O/c23-18-6-3-7-19(18)24-22(27)14-10-8-13(9-11-14)20-17-12-15-4-1-2-5-16(15)21(17)26-25-20/h1-2,4-5,8-11,18-19H,3,6-7,12H2,(H,24,27)(H,25,26). The fourth-order valence-corrected chi connectivity index (χ4v) is 4.56. The molecule has 4 nitrogen and oxygen atoms in total. The lowest BCUT2D eigenvalue weighted by molar-refractivity contribution is 0.0938. The first-order chi connectivity index (χ1) is 13.2. The van der Waals surface area contributed by atoms with Crippen molar-refractivity contribution in [3.8, 4) is 22.5 Å². The minimum atomic E-state index is -0.0567. The van der Waals surface area contributed by atoms with Crippen LogP contribution in [0.25, 0.3) is 22.5 Å². The molecule has 0 bridgehead atoms. The SMILES string of the molecule is O=C(NC1CCCC1Cl)c1ccc(-c2n[nH]c3c2Cc2ccccc2-3)cc1. The Bertz CT molecular complexity index is 1010. The lowest BCUT2D eigenvalue weighted by atomic mass is 10.0. The van der Waals surface area contributed by atoms with Gasteiger partial charge in [-0.1, -0.05) is 36.4 Å². The number of fused-ring (bicyclic) bond motifs is 3. The molecule has 2 aliphatic carbocycles. The summed E-state index contributed by atoms with van der Waals surface area (Å²) < 4.78 is 0. The lowest BCUT2D eigenvalue weighted by Crippen LogP contribution is -2.37. The average molecular weight is 378 g/mol. The predicted molar refractivity (Wildman–Crippen MR) is 107 cm³/mol. The average Bonchev–Trinajstić information content (AvgIpc) is 3.37.